The van der Waals surface area contributed by atoms with Crippen molar-refractivity contribution < 1.29 is 18.0 Å². The molecule has 0 saturated carbocycles. The number of anilines is 1. The third-order valence-electron chi connectivity index (χ3n) is 3.91. The zero-order valence-corrected chi connectivity index (χ0v) is 17.2. The van der Waals surface area contributed by atoms with Gasteiger partial charge in [0.25, 0.3) is 5.56 Å². The molecule has 0 saturated heterocycles. The van der Waals surface area contributed by atoms with Gasteiger partial charge in [-0.3, -0.25) is 14.2 Å². The van der Waals surface area contributed by atoms with Crippen molar-refractivity contribution in [1.82, 2.24) is 9.55 Å². The summed E-state index contributed by atoms with van der Waals surface area (Å²) in [5, 5.41) is 4.80. The summed E-state index contributed by atoms with van der Waals surface area (Å²) in [5.74, 6) is -0.209. The Bertz CT molecular complexity index is 1070. The summed E-state index contributed by atoms with van der Waals surface area (Å²) in [6, 6.07) is 5.99. The molecule has 0 aliphatic carbocycles. The quantitative estimate of drug-likeness (QED) is 0.438. The number of halogens is 3. The van der Waals surface area contributed by atoms with Crippen molar-refractivity contribution in [3.63, 3.8) is 0 Å². The van der Waals surface area contributed by atoms with Crippen molar-refractivity contribution in [2.45, 2.75) is 31.7 Å². The fraction of sp³-hybridized carbons (Fsp3) is 0.316. The van der Waals surface area contributed by atoms with E-state index in [1.165, 1.54) is 23.5 Å². The van der Waals surface area contributed by atoms with Gasteiger partial charge in [-0.15, -0.1) is 11.3 Å². The maximum absolute atomic E-state index is 12.7. The third kappa shape index (κ3) is 5.18. The largest absolute Gasteiger partial charge is 0.416 e. The van der Waals surface area contributed by atoms with Gasteiger partial charge >= 0.3 is 6.18 Å². The molecule has 1 aromatic carbocycles. The molecule has 2 aromatic heterocycles. The molecule has 3 rings (SSSR count). The Hall–Kier alpha value is -2.33. The number of amides is 1. The first-order chi connectivity index (χ1) is 13.6. The van der Waals surface area contributed by atoms with Gasteiger partial charge in [0.1, 0.15) is 4.70 Å². The van der Waals surface area contributed by atoms with E-state index >= 15 is 0 Å². The Morgan fingerprint density at radius 1 is 1.24 bits per heavy atom. The fourth-order valence-electron chi connectivity index (χ4n) is 2.63. The number of carbonyl (C=O) groups excluding carboxylic acids is 1. The minimum atomic E-state index is -4.43. The van der Waals surface area contributed by atoms with E-state index < -0.39 is 17.6 Å². The number of carbonyl (C=O) groups is 1. The van der Waals surface area contributed by atoms with Crippen LogP contribution in [0.3, 0.4) is 0 Å². The Labute approximate surface area is 173 Å². The minimum absolute atomic E-state index is 0.0266. The lowest BCUT2D eigenvalue weighted by Gasteiger charge is -2.14. The Kier molecular flexibility index (Phi) is 6.33. The topological polar surface area (TPSA) is 64.0 Å². The van der Waals surface area contributed by atoms with Crippen molar-refractivity contribution >= 4 is 44.9 Å². The molecule has 10 heteroatoms. The molecule has 0 aliphatic heterocycles. The molecule has 0 unspecified atom stereocenters. The molecule has 0 spiro atoms. The predicted molar refractivity (Wildman–Crippen MR) is 110 cm³/mol. The van der Waals surface area contributed by atoms with E-state index in [9.17, 15) is 22.8 Å². The number of hydrogen-bond acceptors (Lipinski definition) is 5. The summed E-state index contributed by atoms with van der Waals surface area (Å²) in [7, 11) is 0. The summed E-state index contributed by atoms with van der Waals surface area (Å²) in [6.45, 7) is 4.44. The van der Waals surface area contributed by atoms with Gasteiger partial charge in [-0.1, -0.05) is 25.6 Å². The average Bonchev–Trinajstić information content (AvgIpc) is 3.11. The molecular weight excluding hydrogens is 423 g/mol. The summed E-state index contributed by atoms with van der Waals surface area (Å²) in [4.78, 5) is 29.5. The SMILES string of the molecule is CC(C)Cn1c(SCC(=O)Nc2ccc(C(F)(F)F)cc2)nc2ccsc2c1=O. The van der Waals surface area contributed by atoms with Crippen molar-refractivity contribution in [2.75, 3.05) is 11.1 Å². The highest BCUT2D eigenvalue weighted by molar-refractivity contribution is 7.99. The predicted octanol–water partition coefficient (Wildman–Crippen LogP) is 4.86. The monoisotopic (exact) mass is 441 g/mol. The van der Waals surface area contributed by atoms with Crippen LogP contribution in [0.2, 0.25) is 0 Å². The molecular formula is C19H18F3N3O2S2. The van der Waals surface area contributed by atoms with E-state index in [1.54, 1.807) is 16.0 Å². The van der Waals surface area contributed by atoms with Crippen LogP contribution in [0.5, 0.6) is 0 Å². The molecule has 5 nitrogen and oxygen atoms in total. The minimum Gasteiger partial charge on any atom is -0.325 e. The lowest BCUT2D eigenvalue weighted by Crippen LogP contribution is -2.25. The van der Waals surface area contributed by atoms with Crippen LogP contribution in [0.25, 0.3) is 10.2 Å². The number of nitrogens with one attached hydrogen (secondary N) is 1. The van der Waals surface area contributed by atoms with E-state index in [0.29, 0.717) is 21.9 Å². The van der Waals surface area contributed by atoms with Crippen LogP contribution >= 0.6 is 23.1 Å². The van der Waals surface area contributed by atoms with Crippen LogP contribution in [0.1, 0.15) is 19.4 Å². The normalized spacial score (nSPS) is 11.9. The van der Waals surface area contributed by atoms with Crippen molar-refractivity contribution in [2.24, 2.45) is 5.92 Å². The fourth-order valence-corrected chi connectivity index (χ4v) is 4.22. The van der Waals surface area contributed by atoms with E-state index in [0.717, 1.165) is 23.9 Å². The second-order valence-electron chi connectivity index (χ2n) is 6.75. The summed E-state index contributed by atoms with van der Waals surface area (Å²) in [6.07, 6.45) is -4.43. The molecule has 1 amide bonds. The van der Waals surface area contributed by atoms with Crippen LogP contribution in [0, 0.1) is 5.92 Å². The molecule has 2 heterocycles. The van der Waals surface area contributed by atoms with Crippen molar-refractivity contribution in [1.29, 1.82) is 0 Å². The molecule has 0 fully saturated rings. The van der Waals surface area contributed by atoms with Crippen LogP contribution in [0.4, 0.5) is 18.9 Å². The smallest absolute Gasteiger partial charge is 0.325 e. The lowest BCUT2D eigenvalue weighted by molar-refractivity contribution is -0.137. The standard InChI is InChI=1S/C19H18F3N3O2S2/c1-11(2)9-25-17(27)16-14(7-8-28-16)24-18(25)29-10-15(26)23-13-5-3-12(4-6-13)19(20,21)22/h3-8,11H,9-10H2,1-2H3,(H,23,26). The maximum atomic E-state index is 12.7. The van der Waals surface area contributed by atoms with Gasteiger partial charge in [-0.2, -0.15) is 13.2 Å². The van der Waals surface area contributed by atoms with Gasteiger partial charge in [0.15, 0.2) is 5.16 Å². The van der Waals surface area contributed by atoms with Crippen molar-refractivity contribution in [3.8, 4) is 0 Å². The average molecular weight is 442 g/mol. The molecule has 0 aliphatic rings. The zero-order chi connectivity index (χ0) is 21.2. The number of thiophene rings is 1. The van der Waals surface area contributed by atoms with Crippen LogP contribution in [-0.2, 0) is 17.5 Å². The number of benzene rings is 1. The molecule has 0 radical (unpaired) electrons. The molecule has 0 atom stereocenters. The van der Waals surface area contributed by atoms with E-state index in [4.69, 9.17) is 0 Å². The maximum Gasteiger partial charge on any atom is 0.416 e. The highest BCUT2D eigenvalue weighted by atomic mass is 32.2. The van der Waals surface area contributed by atoms with Gasteiger partial charge in [-0.05, 0) is 41.6 Å². The molecule has 154 valence electrons. The highest BCUT2D eigenvalue weighted by Gasteiger charge is 2.30. The number of hydrogen-bond donors (Lipinski definition) is 1. The number of thioether (sulfide) groups is 1. The summed E-state index contributed by atoms with van der Waals surface area (Å²) >= 11 is 2.45. The summed E-state index contributed by atoms with van der Waals surface area (Å²) < 4.78 is 40.0. The highest BCUT2D eigenvalue weighted by Crippen LogP contribution is 2.30. The zero-order valence-electron chi connectivity index (χ0n) is 15.6. The van der Waals surface area contributed by atoms with Crippen molar-refractivity contribution in [3.05, 3.63) is 51.6 Å². The van der Waals surface area contributed by atoms with Gasteiger partial charge in [0.05, 0.1) is 16.8 Å². The molecule has 29 heavy (non-hydrogen) atoms. The molecule has 0 bridgehead atoms. The van der Waals surface area contributed by atoms with Gasteiger partial charge < -0.3 is 5.32 Å². The van der Waals surface area contributed by atoms with E-state index in [2.05, 4.69) is 10.3 Å². The first kappa shape index (κ1) is 21.4. The van der Waals surface area contributed by atoms with Gasteiger partial charge in [0, 0.05) is 12.2 Å². The number of aromatic nitrogens is 2. The molecule has 3 aromatic rings. The number of alkyl halides is 3. The van der Waals surface area contributed by atoms with E-state index in [1.807, 2.05) is 13.8 Å². The van der Waals surface area contributed by atoms with E-state index in [-0.39, 0.29) is 22.9 Å². The number of fused-ring (bicyclic) bond motifs is 1. The number of nitrogens with zero attached hydrogens (tertiary/aromatic N) is 2. The molecule has 1 N–H and O–H groups in total. The van der Waals surface area contributed by atoms with Crippen LogP contribution < -0.4 is 10.9 Å². The van der Waals surface area contributed by atoms with Crippen LogP contribution in [-0.4, -0.2) is 21.2 Å². The van der Waals surface area contributed by atoms with Crippen LogP contribution in [0.15, 0.2) is 45.7 Å². The third-order valence-corrected chi connectivity index (χ3v) is 5.77. The van der Waals surface area contributed by atoms with Gasteiger partial charge in [0.2, 0.25) is 5.91 Å². The Balaban J connectivity index is 1.72. The summed E-state index contributed by atoms with van der Waals surface area (Å²) in [5.41, 5.74) is -0.0599. The first-order valence-electron chi connectivity index (χ1n) is 8.73. The first-order valence-corrected chi connectivity index (χ1v) is 10.6. The second-order valence-corrected chi connectivity index (χ2v) is 8.61. The number of rotatable bonds is 6. The van der Waals surface area contributed by atoms with Gasteiger partial charge in [-0.25, -0.2) is 4.98 Å². The second kappa shape index (κ2) is 8.58. The lowest BCUT2D eigenvalue weighted by atomic mass is 10.2. The Morgan fingerprint density at radius 2 is 1.93 bits per heavy atom. The Morgan fingerprint density at radius 3 is 2.55 bits per heavy atom.